The number of halogens is 1. The molecule has 0 aromatic heterocycles. The average molecular weight is 272 g/mol. The van der Waals surface area contributed by atoms with Crippen molar-refractivity contribution in [3.8, 4) is 0 Å². The van der Waals surface area contributed by atoms with Crippen LogP contribution in [0.1, 0.15) is 6.92 Å². The molecule has 0 unspecified atom stereocenters. The van der Waals surface area contributed by atoms with E-state index in [1.165, 1.54) is 10.6 Å². The van der Waals surface area contributed by atoms with Crippen molar-refractivity contribution in [2.75, 3.05) is 32.4 Å². The Hall–Kier alpha value is -0.370. The number of hydrogen-bond donors (Lipinski definition) is 1. The van der Waals surface area contributed by atoms with Crippen LogP contribution in [-0.2, 0) is 14.8 Å². The predicted octanol–water partition coefficient (Wildman–Crippen LogP) is -1.14. The second-order valence-electron chi connectivity index (χ2n) is 3.78. The van der Waals surface area contributed by atoms with Crippen LogP contribution < -0.4 is 5.73 Å². The van der Waals surface area contributed by atoms with Crippen LogP contribution >= 0.6 is 12.4 Å². The molecule has 0 aromatic carbocycles. The zero-order chi connectivity index (χ0) is 11.6. The van der Waals surface area contributed by atoms with E-state index in [2.05, 4.69) is 0 Å². The standard InChI is InChI=1S/C8H17N3O3S.ClH/c1-7(9)8(12)10-3-5-11(6-4-10)15(2,13)14;/h7H,3-6,9H2,1-2H3;1H/t7-;/m1./s1. The first-order valence-corrected chi connectivity index (χ1v) is 6.66. The van der Waals surface area contributed by atoms with Gasteiger partial charge in [0, 0.05) is 26.2 Å². The van der Waals surface area contributed by atoms with Gasteiger partial charge in [0.05, 0.1) is 12.3 Å². The lowest BCUT2D eigenvalue weighted by Crippen LogP contribution is -2.53. The third-order valence-corrected chi connectivity index (χ3v) is 3.71. The van der Waals surface area contributed by atoms with E-state index in [9.17, 15) is 13.2 Å². The minimum absolute atomic E-state index is 0. The topological polar surface area (TPSA) is 83.7 Å². The van der Waals surface area contributed by atoms with Gasteiger partial charge in [0.15, 0.2) is 0 Å². The molecule has 0 saturated carbocycles. The van der Waals surface area contributed by atoms with Crippen molar-refractivity contribution in [2.45, 2.75) is 13.0 Å². The molecule has 96 valence electrons. The number of nitrogens with two attached hydrogens (primary N) is 1. The Morgan fingerprint density at radius 2 is 1.69 bits per heavy atom. The van der Waals surface area contributed by atoms with Gasteiger partial charge in [-0.2, -0.15) is 4.31 Å². The number of sulfonamides is 1. The highest BCUT2D eigenvalue weighted by molar-refractivity contribution is 7.88. The Kier molecular flexibility index (Phi) is 5.67. The van der Waals surface area contributed by atoms with E-state index in [-0.39, 0.29) is 18.3 Å². The Bertz CT molecular complexity index is 336. The molecule has 1 saturated heterocycles. The monoisotopic (exact) mass is 271 g/mol. The molecule has 2 N–H and O–H groups in total. The van der Waals surface area contributed by atoms with Crippen LogP contribution in [-0.4, -0.2) is 62.0 Å². The third kappa shape index (κ3) is 3.89. The highest BCUT2D eigenvalue weighted by atomic mass is 35.5. The summed E-state index contributed by atoms with van der Waals surface area (Å²) in [6.45, 7) is 3.20. The van der Waals surface area contributed by atoms with Crippen molar-refractivity contribution >= 4 is 28.3 Å². The molecule has 1 amide bonds. The molecule has 8 heteroatoms. The summed E-state index contributed by atoms with van der Waals surface area (Å²) in [5.74, 6) is -0.122. The van der Waals surface area contributed by atoms with Gasteiger partial charge >= 0.3 is 0 Å². The maximum Gasteiger partial charge on any atom is 0.239 e. The fraction of sp³-hybridized carbons (Fsp3) is 0.875. The summed E-state index contributed by atoms with van der Waals surface area (Å²) in [4.78, 5) is 13.1. The second kappa shape index (κ2) is 5.81. The van der Waals surface area contributed by atoms with Gasteiger partial charge in [0.1, 0.15) is 0 Å². The summed E-state index contributed by atoms with van der Waals surface area (Å²) >= 11 is 0. The first kappa shape index (κ1) is 15.6. The highest BCUT2D eigenvalue weighted by Gasteiger charge is 2.26. The van der Waals surface area contributed by atoms with Crippen molar-refractivity contribution in [1.82, 2.24) is 9.21 Å². The molecular formula is C8H18ClN3O3S. The third-order valence-electron chi connectivity index (χ3n) is 2.41. The largest absolute Gasteiger partial charge is 0.339 e. The zero-order valence-electron chi connectivity index (χ0n) is 9.42. The Labute approximate surface area is 102 Å². The molecule has 6 nitrogen and oxygen atoms in total. The molecule has 0 aromatic rings. The van der Waals surface area contributed by atoms with Gasteiger partial charge in [0.2, 0.25) is 15.9 Å². The van der Waals surface area contributed by atoms with Crippen molar-refractivity contribution < 1.29 is 13.2 Å². The number of rotatable bonds is 2. The van der Waals surface area contributed by atoms with Gasteiger partial charge in [-0.25, -0.2) is 8.42 Å². The smallest absolute Gasteiger partial charge is 0.239 e. The molecule has 1 aliphatic rings. The van der Waals surface area contributed by atoms with Crippen LogP contribution in [0.3, 0.4) is 0 Å². The Morgan fingerprint density at radius 3 is 2.00 bits per heavy atom. The molecule has 1 atom stereocenters. The molecule has 1 heterocycles. The molecule has 1 fully saturated rings. The van der Waals surface area contributed by atoms with E-state index in [4.69, 9.17) is 5.73 Å². The van der Waals surface area contributed by atoms with Gasteiger partial charge in [-0.1, -0.05) is 0 Å². The van der Waals surface area contributed by atoms with Crippen LogP contribution in [0.15, 0.2) is 0 Å². The molecule has 1 aliphatic heterocycles. The molecule has 1 rings (SSSR count). The summed E-state index contributed by atoms with van der Waals surface area (Å²) in [5.41, 5.74) is 5.46. The van der Waals surface area contributed by atoms with Gasteiger partial charge in [-0.3, -0.25) is 4.79 Å². The summed E-state index contributed by atoms with van der Waals surface area (Å²) < 4.78 is 23.8. The van der Waals surface area contributed by atoms with E-state index in [1.807, 2.05) is 0 Å². The number of piperazine rings is 1. The zero-order valence-corrected chi connectivity index (χ0v) is 11.1. The fourth-order valence-corrected chi connectivity index (χ4v) is 2.35. The lowest BCUT2D eigenvalue weighted by atomic mass is 10.2. The molecule has 0 bridgehead atoms. The maximum atomic E-state index is 11.5. The second-order valence-corrected chi connectivity index (χ2v) is 5.76. The average Bonchev–Trinajstić information content (AvgIpc) is 2.15. The van der Waals surface area contributed by atoms with Crippen molar-refractivity contribution in [3.05, 3.63) is 0 Å². The summed E-state index contributed by atoms with van der Waals surface area (Å²) in [6.07, 6.45) is 1.18. The fourth-order valence-electron chi connectivity index (χ4n) is 1.53. The Balaban J connectivity index is 0.00000225. The first-order chi connectivity index (χ1) is 6.82. The number of carbonyl (C=O) groups excluding carboxylic acids is 1. The number of carbonyl (C=O) groups is 1. The van der Waals surface area contributed by atoms with E-state index >= 15 is 0 Å². The van der Waals surface area contributed by atoms with Gasteiger partial charge in [0.25, 0.3) is 0 Å². The maximum absolute atomic E-state index is 11.5. The first-order valence-electron chi connectivity index (χ1n) is 4.82. The van der Waals surface area contributed by atoms with Crippen LogP contribution in [0.4, 0.5) is 0 Å². The molecule has 0 radical (unpaired) electrons. The SMILES string of the molecule is C[C@@H](N)C(=O)N1CCN(S(C)(=O)=O)CC1.Cl. The normalized spacial score (nSPS) is 20.1. The Morgan fingerprint density at radius 1 is 1.25 bits per heavy atom. The number of nitrogens with zero attached hydrogens (tertiary/aromatic N) is 2. The van der Waals surface area contributed by atoms with Gasteiger partial charge in [-0.15, -0.1) is 12.4 Å². The van der Waals surface area contributed by atoms with E-state index in [1.54, 1.807) is 11.8 Å². The van der Waals surface area contributed by atoms with Gasteiger partial charge in [-0.05, 0) is 6.92 Å². The van der Waals surface area contributed by atoms with Crippen molar-refractivity contribution in [2.24, 2.45) is 5.73 Å². The van der Waals surface area contributed by atoms with E-state index < -0.39 is 16.1 Å². The summed E-state index contributed by atoms with van der Waals surface area (Å²) in [7, 11) is -3.13. The van der Waals surface area contributed by atoms with Crippen LogP contribution in [0.2, 0.25) is 0 Å². The van der Waals surface area contributed by atoms with Crippen LogP contribution in [0.25, 0.3) is 0 Å². The number of hydrogen-bond acceptors (Lipinski definition) is 4. The summed E-state index contributed by atoms with van der Waals surface area (Å²) in [5, 5.41) is 0. The van der Waals surface area contributed by atoms with Crippen molar-refractivity contribution in [1.29, 1.82) is 0 Å². The van der Waals surface area contributed by atoms with Crippen molar-refractivity contribution in [3.63, 3.8) is 0 Å². The van der Waals surface area contributed by atoms with Crippen LogP contribution in [0, 0.1) is 0 Å². The van der Waals surface area contributed by atoms with Crippen LogP contribution in [0.5, 0.6) is 0 Å². The van der Waals surface area contributed by atoms with E-state index in [0.29, 0.717) is 26.2 Å². The molecule has 16 heavy (non-hydrogen) atoms. The molecular weight excluding hydrogens is 254 g/mol. The lowest BCUT2D eigenvalue weighted by molar-refractivity contribution is -0.133. The number of amides is 1. The molecule has 0 aliphatic carbocycles. The molecule has 0 spiro atoms. The summed E-state index contributed by atoms with van der Waals surface area (Å²) in [6, 6.07) is -0.519. The minimum Gasteiger partial charge on any atom is -0.339 e. The lowest BCUT2D eigenvalue weighted by Gasteiger charge is -2.34. The highest BCUT2D eigenvalue weighted by Crippen LogP contribution is 2.06. The van der Waals surface area contributed by atoms with Gasteiger partial charge < -0.3 is 10.6 Å². The van der Waals surface area contributed by atoms with E-state index in [0.717, 1.165) is 0 Å². The predicted molar refractivity (Wildman–Crippen MR) is 63.9 cm³/mol. The quantitative estimate of drug-likeness (QED) is 0.688. The minimum atomic E-state index is -3.13.